The van der Waals surface area contributed by atoms with Gasteiger partial charge in [-0.1, -0.05) is 17.7 Å². The number of rotatable bonds is 5. The number of benzene rings is 2. The Balaban J connectivity index is 1.95. The molecule has 0 radical (unpaired) electrons. The normalized spacial score (nSPS) is 15.3. The highest BCUT2D eigenvalue weighted by atomic mass is 35.5. The number of hydrogen-bond acceptors (Lipinski definition) is 5. The van der Waals surface area contributed by atoms with Crippen molar-refractivity contribution in [1.82, 2.24) is 4.90 Å². The molecule has 3 rings (SSSR count). The minimum Gasteiger partial charge on any atom is -0.493 e. The SMILES string of the molecule is COC(=O)CC1c2cc(OC)c(OC)cc2CCN1C(=O)Nc1cccc(Cl)c1. The van der Waals surface area contributed by atoms with Crippen LogP contribution in [0.3, 0.4) is 0 Å². The summed E-state index contributed by atoms with van der Waals surface area (Å²) in [6, 6.07) is 9.81. The highest BCUT2D eigenvalue weighted by Gasteiger charge is 2.34. The molecule has 8 heteroatoms. The molecule has 2 aromatic carbocycles. The number of halogens is 1. The molecule has 0 saturated heterocycles. The maximum Gasteiger partial charge on any atom is 0.322 e. The van der Waals surface area contributed by atoms with E-state index in [0.717, 1.165) is 11.1 Å². The van der Waals surface area contributed by atoms with Gasteiger partial charge in [-0.2, -0.15) is 0 Å². The molecule has 0 fully saturated rings. The molecular weight excluding hydrogens is 396 g/mol. The second-order valence-electron chi connectivity index (χ2n) is 6.59. The van der Waals surface area contributed by atoms with Crippen LogP contribution in [0.5, 0.6) is 11.5 Å². The van der Waals surface area contributed by atoms with Crippen molar-refractivity contribution in [3.8, 4) is 11.5 Å². The summed E-state index contributed by atoms with van der Waals surface area (Å²) in [4.78, 5) is 26.7. The van der Waals surface area contributed by atoms with E-state index in [2.05, 4.69) is 5.32 Å². The van der Waals surface area contributed by atoms with Gasteiger partial charge >= 0.3 is 12.0 Å². The van der Waals surface area contributed by atoms with E-state index in [1.165, 1.54) is 7.11 Å². The number of amides is 2. The van der Waals surface area contributed by atoms with Crippen molar-refractivity contribution in [3.63, 3.8) is 0 Å². The van der Waals surface area contributed by atoms with Crippen molar-refractivity contribution in [2.24, 2.45) is 0 Å². The number of methoxy groups -OCH3 is 3. The number of esters is 1. The van der Waals surface area contributed by atoms with E-state index in [-0.39, 0.29) is 12.5 Å². The number of fused-ring (bicyclic) bond motifs is 1. The second-order valence-corrected chi connectivity index (χ2v) is 7.02. The van der Waals surface area contributed by atoms with Gasteiger partial charge < -0.3 is 24.4 Å². The van der Waals surface area contributed by atoms with Crippen LogP contribution >= 0.6 is 11.6 Å². The first kappa shape index (κ1) is 20.8. The number of carbonyl (C=O) groups excluding carboxylic acids is 2. The summed E-state index contributed by atoms with van der Waals surface area (Å²) in [5, 5.41) is 3.37. The van der Waals surface area contributed by atoms with Gasteiger partial charge in [-0.05, 0) is 47.9 Å². The average Bonchev–Trinajstić information content (AvgIpc) is 2.72. The minimum atomic E-state index is -0.495. The zero-order chi connectivity index (χ0) is 21.0. The summed E-state index contributed by atoms with van der Waals surface area (Å²) in [7, 11) is 4.45. The molecule has 1 unspecified atom stereocenters. The fraction of sp³-hybridized carbons (Fsp3) is 0.333. The molecule has 1 aliphatic heterocycles. The number of ether oxygens (including phenoxy) is 3. The maximum absolute atomic E-state index is 13.0. The van der Waals surface area contributed by atoms with E-state index in [4.69, 9.17) is 25.8 Å². The highest BCUT2D eigenvalue weighted by molar-refractivity contribution is 6.30. The first-order chi connectivity index (χ1) is 14.0. The lowest BCUT2D eigenvalue weighted by Gasteiger charge is -2.37. The van der Waals surface area contributed by atoms with E-state index in [9.17, 15) is 9.59 Å². The molecule has 29 heavy (non-hydrogen) atoms. The van der Waals surface area contributed by atoms with Crippen molar-refractivity contribution in [2.75, 3.05) is 33.2 Å². The third kappa shape index (κ3) is 4.56. The molecule has 0 saturated carbocycles. The highest BCUT2D eigenvalue weighted by Crippen LogP contribution is 2.39. The van der Waals surface area contributed by atoms with Crippen LogP contribution in [0.15, 0.2) is 36.4 Å². The van der Waals surface area contributed by atoms with Gasteiger partial charge in [0.2, 0.25) is 0 Å². The summed E-state index contributed by atoms with van der Waals surface area (Å²) in [6.07, 6.45) is 0.651. The van der Waals surface area contributed by atoms with Gasteiger partial charge in [-0.15, -0.1) is 0 Å². The number of anilines is 1. The smallest absolute Gasteiger partial charge is 0.322 e. The Bertz CT molecular complexity index is 918. The molecule has 1 N–H and O–H groups in total. The van der Waals surface area contributed by atoms with Gasteiger partial charge in [-0.3, -0.25) is 4.79 Å². The number of urea groups is 1. The van der Waals surface area contributed by atoms with Crippen molar-refractivity contribution < 1.29 is 23.8 Å². The lowest BCUT2D eigenvalue weighted by atomic mass is 9.90. The fourth-order valence-electron chi connectivity index (χ4n) is 3.49. The first-order valence-electron chi connectivity index (χ1n) is 9.11. The summed E-state index contributed by atoms with van der Waals surface area (Å²) in [5.41, 5.74) is 2.42. The standard InChI is InChI=1S/C21H23ClN2O5/c1-27-18-9-13-7-8-24(21(26)23-15-6-4-5-14(22)10-15)17(12-20(25)29-3)16(13)11-19(18)28-2/h4-6,9-11,17H,7-8,12H2,1-3H3,(H,23,26). The van der Waals surface area contributed by atoms with Crippen LogP contribution in [0.1, 0.15) is 23.6 Å². The number of carbonyl (C=O) groups is 2. The Hall–Kier alpha value is -2.93. The van der Waals surface area contributed by atoms with Gasteiger partial charge in [0.15, 0.2) is 11.5 Å². The van der Waals surface area contributed by atoms with Gasteiger partial charge in [0, 0.05) is 17.3 Å². The van der Waals surface area contributed by atoms with E-state index in [1.54, 1.807) is 43.4 Å². The number of hydrogen-bond donors (Lipinski definition) is 1. The molecule has 0 spiro atoms. The number of nitrogens with zero attached hydrogens (tertiary/aromatic N) is 1. The lowest BCUT2D eigenvalue weighted by molar-refractivity contribution is -0.141. The monoisotopic (exact) mass is 418 g/mol. The van der Waals surface area contributed by atoms with Crippen LogP contribution in [-0.2, 0) is 16.0 Å². The maximum atomic E-state index is 13.0. The summed E-state index contributed by atoms with van der Waals surface area (Å²) < 4.78 is 15.7. The van der Waals surface area contributed by atoms with E-state index < -0.39 is 12.0 Å². The molecule has 0 aromatic heterocycles. The Morgan fingerprint density at radius 2 is 1.86 bits per heavy atom. The van der Waals surface area contributed by atoms with Crippen LogP contribution in [0.25, 0.3) is 0 Å². The van der Waals surface area contributed by atoms with E-state index in [0.29, 0.717) is 35.2 Å². The Morgan fingerprint density at radius 3 is 2.52 bits per heavy atom. The minimum absolute atomic E-state index is 0.0297. The average molecular weight is 419 g/mol. The fourth-order valence-corrected chi connectivity index (χ4v) is 3.68. The van der Waals surface area contributed by atoms with Crippen molar-refractivity contribution in [1.29, 1.82) is 0 Å². The third-order valence-corrected chi connectivity index (χ3v) is 5.16. The molecule has 0 bridgehead atoms. The summed E-state index contributed by atoms with van der Waals surface area (Å²) in [5.74, 6) is 0.747. The Morgan fingerprint density at radius 1 is 1.14 bits per heavy atom. The van der Waals surface area contributed by atoms with Crippen LogP contribution in [0.4, 0.5) is 10.5 Å². The molecule has 2 amide bonds. The zero-order valence-electron chi connectivity index (χ0n) is 16.5. The molecular formula is C21H23ClN2O5. The molecule has 1 aliphatic rings. The quantitative estimate of drug-likeness (QED) is 0.741. The largest absolute Gasteiger partial charge is 0.493 e. The molecule has 0 aliphatic carbocycles. The molecule has 7 nitrogen and oxygen atoms in total. The second kappa shape index (κ2) is 9.05. The van der Waals surface area contributed by atoms with E-state index in [1.807, 2.05) is 12.1 Å². The van der Waals surface area contributed by atoms with Crippen LogP contribution in [-0.4, -0.2) is 44.8 Å². The Kier molecular flexibility index (Phi) is 6.49. The molecule has 154 valence electrons. The Labute approximate surface area is 174 Å². The zero-order valence-corrected chi connectivity index (χ0v) is 17.3. The van der Waals surface area contributed by atoms with Crippen LogP contribution in [0.2, 0.25) is 5.02 Å². The predicted molar refractivity (Wildman–Crippen MR) is 110 cm³/mol. The molecule has 1 heterocycles. The summed E-state index contributed by atoms with van der Waals surface area (Å²) >= 11 is 6.01. The predicted octanol–water partition coefficient (Wildman–Crippen LogP) is 4.05. The van der Waals surface area contributed by atoms with Gasteiger partial charge in [0.05, 0.1) is 33.8 Å². The van der Waals surface area contributed by atoms with Crippen LogP contribution in [0, 0.1) is 0 Å². The van der Waals surface area contributed by atoms with Gasteiger partial charge in [0.1, 0.15) is 0 Å². The number of nitrogens with one attached hydrogen (secondary N) is 1. The van der Waals surface area contributed by atoms with Gasteiger partial charge in [0.25, 0.3) is 0 Å². The summed E-state index contributed by atoms with van der Waals surface area (Å²) in [6.45, 7) is 0.441. The lowest BCUT2D eigenvalue weighted by Crippen LogP contribution is -2.43. The van der Waals surface area contributed by atoms with E-state index >= 15 is 0 Å². The first-order valence-corrected chi connectivity index (χ1v) is 9.49. The molecule has 2 aromatic rings. The van der Waals surface area contributed by atoms with Crippen LogP contribution < -0.4 is 14.8 Å². The van der Waals surface area contributed by atoms with Crippen molar-refractivity contribution in [3.05, 3.63) is 52.5 Å². The third-order valence-electron chi connectivity index (χ3n) is 4.93. The van der Waals surface area contributed by atoms with Gasteiger partial charge in [-0.25, -0.2) is 4.79 Å². The van der Waals surface area contributed by atoms with Crippen molar-refractivity contribution >= 4 is 29.3 Å². The topological polar surface area (TPSA) is 77.1 Å². The van der Waals surface area contributed by atoms with Crippen molar-refractivity contribution in [2.45, 2.75) is 18.9 Å². The molecule has 1 atom stereocenters.